The summed E-state index contributed by atoms with van der Waals surface area (Å²) in [6.45, 7) is 1.37. The first-order chi connectivity index (χ1) is 3.39. The molecule has 8 heavy (non-hydrogen) atoms. The Labute approximate surface area is 55.3 Å². The second-order valence-electron chi connectivity index (χ2n) is 1.87. The topological polar surface area (TPSA) is 29.5 Å². The predicted molar refractivity (Wildman–Crippen MR) is 33.3 cm³/mol. The van der Waals surface area contributed by atoms with Crippen molar-refractivity contribution in [3.8, 4) is 0 Å². The highest BCUT2D eigenvalue weighted by Crippen LogP contribution is 2.03. The fourth-order valence-corrected chi connectivity index (χ4v) is 0.724. The van der Waals surface area contributed by atoms with Gasteiger partial charge in [0.1, 0.15) is 0 Å². The standard InChI is InChI=1S/C5H10O2.ClH/c6-5-2-1-3-7-4-5;/h5-6H,1-4H2;1H. The SMILES string of the molecule is Cl.OC1CCCOC1. The molecule has 1 rings (SSSR count). The Morgan fingerprint density at radius 2 is 2.25 bits per heavy atom. The van der Waals surface area contributed by atoms with Crippen LogP contribution in [0.5, 0.6) is 0 Å². The van der Waals surface area contributed by atoms with E-state index in [2.05, 4.69) is 0 Å². The summed E-state index contributed by atoms with van der Waals surface area (Å²) in [4.78, 5) is 0. The smallest absolute Gasteiger partial charge is 0.0774 e. The lowest BCUT2D eigenvalue weighted by atomic mass is 10.2. The van der Waals surface area contributed by atoms with E-state index in [9.17, 15) is 0 Å². The van der Waals surface area contributed by atoms with E-state index in [-0.39, 0.29) is 18.5 Å². The number of hydrogen-bond acceptors (Lipinski definition) is 2. The molecular weight excluding hydrogens is 128 g/mol. The van der Waals surface area contributed by atoms with Gasteiger partial charge in [0.05, 0.1) is 12.7 Å². The molecule has 1 aliphatic heterocycles. The molecule has 1 saturated heterocycles. The molecule has 0 aromatic heterocycles. The molecule has 1 fully saturated rings. The number of aliphatic hydroxyl groups excluding tert-OH is 1. The zero-order chi connectivity index (χ0) is 5.11. The third kappa shape index (κ3) is 2.50. The predicted octanol–water partition coefficient (Wildman–Crippen LogP) is 0.580. The van der Waals surface area contributed by atoms with E-state index >= 15 is 0 Å². The van der Waals surface area contributed by atoms with Crippen molar-refractivity contribution >= 4 is 12.4 Å². The molecule has 0 bridgehead atoms. The first-order valence-corrected chi connectivity index (χ1v) is 2.65. The maximum Gasteiger partial charge on any atom is 0.0774 e. The molecule has 1 N–H and O–H groups in total. The highest BCUT2D eigenvalue weighted by molar-refractivity contribution is 5.85. The van der Waals surface area contributed by atoms with Gasteiger partial charge in [-0.3, -0.25) is 0 Å². The van der Waals surface area contributed by atoms with Gasteiger partial charge in [0.2, 0.25) is 0 Å². The molecule has 0 aliphatic carbocycles. The lowest BCUT2D eigenvalue weighted by molar-refractivity contribution is -0.00535. The van der Waals surface area contributed by atoms with E-state index < -0.39 is 0 Å². The van der Waals surface area contributed by atoms with E-state index in [4.69, 9.17) is 9.84 Å². The Morgan fingerprint density at radius 1 is 1.50 bits per heavy atom. The molecule has 0 saturated carbocycles. The van der Waals surface area contributed by atoms with Crippen molar-refractivity contribution in [1.82, 2.24) is 0 Å². The van der Waals surface area contributed by atoms with Crippen molar-refractivity contribution in [2.45, 2.75) is 18.9 Å². The number of halogens is 1. The van der Waals surface area contributed by atoms with Gasteiger partial charge in [0.25, 0.3) is 0 Å². The van der Waals surface area contributed by atoms with Crippen LogP contribution < -0.4 is 0 Å². The maximum absolute atomic E-state index is 8.78. The van der Waals surface area contributed by atoms with Crippen molar-refractivity contribution in [1.29, 1.82) is 0 Å². The van der Waals surface area contributed by atoms with E-state index in [0.717, 1.165) is 19.4 Å². The Morgan fingerprint density at radius 3 is 2.50 bits per heavy atom. The molecule has 1 aliphatic rings. The van der Waals surface area contributed by atoms with Crippen LogP contribution in [0.3, 0.4) is 0 Å². The van der Waals surface area contributed by atoms with Crippen LogP contribution in [0.4, 0.5) is 0 Å². The fraction of sp³-hybridized carbons (Fsp3) is 1.00. The van der Waals surface area contributed by atoms with Crippen LogP contribution in [-0.4, -0.2) is 24.4 Å². The molecule has 3 heteroatoms. The van der Waals surface area contributed by atoms with Crippen LogP contribution in [-0.2, 0) is 4.74 Å². The van der Waals surface area contributed by atoms with Crippen LogP contribution in [0.1, 0.15) is 12.8 Å². The van der Waals surface area contributed by atoms with Crippen LogP contribution >= 0.6 is 12.4 Å². The minimum atomic E-state index is -0.186. The van der Waals surface area contributed by atoms with Gasteiger partial charge in [0.15, 0.2) is 0 Å². The van der Waals surface area contributed by atoms with E-state index in [1.807, 2.05) is 0 Å². The molecule has 1 heterocycles. The second-order valence-corrected chi connectivity index (χ2v) is 1.87. The van der Waals surface area contributed by atoms with Crippen molar-refractivity contribution in [2.75, 3.05) is 13.2 Å². The van der Waals surface area contributed by atoms with Crippen molar-refractivity contribution in [2.24, 2.45) is 0 Å². The number of rotatable bonds is 0. The number of ether oxygens (including phenoxy) is 1. The zero-order valence-electron chi connectivity index (χ0n) is 4.67. The fourth-order valence-electron chi connectivity index (χ4n) is 0.724. The molecule has 2 nitrogen and oxygen atoms in total. The highest BCUT2D eigenvalue weighted by Gasteiger charge is 2.07. The molecular formula is C5H11ClO2. The summed E-state index contributed by atoms with van der Waals surface area (Å²) in [5.41, 5.74) is 0. The Bertz CT molecular complexity index is 52.4. The van der Waals surface area contributed by atoms with Crippen molar-refractivity contribution in [3.05, 3.63) is 0 Å². The monoisotopic (exact) mass is 138 g/mol. The maximum atomic E-state index is 8.78. The normalized spacial score (nSPS) is 28.9. The quantitative estimate of drug-likeness (QED) is 0.531. The first kappa shape index (κ1) is 8.21. The lowest BCUT2D eigenvalue weighted by Gasteiger charge is -2.15. The van der Waals surface area contributed by atoms with E-state index in [1.165, 1.54) is 0 Å². The Balaban J connectivity index is 0.000000490. The summed E-state index contributed by atoms with van der Waals surface area (Å²) < 4.78 is 4.93. The molecule has 0 amide bonds. The minimum absolute atomic E-state index is 0. The molecule has 1 atom stereocenters. The van der Waals surface area contributed by atoms with Crippen molar-refractivity contribution < 1.29 is 9.84 Å². The second kappa shape index (κ2) is 4.13. The zero-order valence-corrected chi connectivity index (χ0v) is 5.49. The Kier molecular flexibility index (Phi) is 4.23. The molecule has 0 aromatic rings. The summed E-state index contributed by atoms with van der Waals surface area (Å²) in [5.74, 6) is 0. The first-order valence-electron chi connectivity index (χ1n) is 2.65. The van der Waals surface area contributed by atoms with Crippen LogP contribution in [0.2, 0.25) is 0 Å². The van der Waals surface area contributed by atoms with Crippen LogP contribution in [0, 0.1) is 0 Å². The van der Waals surface area contributed by atoms with Crippen LogP contribution in [0.15, 0.2) is 0 Å². The summed E-state index contributed by atoms with van der Waals surface area (Å²) >= 11 is 0. The van der Waals surface area contributed by atoms with Gasteiger partial charge in [-0.25, -0.2) is 0 Å². The van der Waals surface area contributed by atoms with Gasteiger partial charge in [0, 0.05) is 6.61 Å². The summed E-state index contributed by atoms with van der Waals surface area (Å²) in [6.07, 6.45) is 1.75. The molecule has 0 aromatic carbocycles. The number of aliphatic hydroxyl groups is 1. The van der Waals surface area contributed by atoms with Gasteiger partial charge in [-0.15, -0.1) is 12.4 Å². The Hall–Kier alpha value is 0.210. The average Bonchev–Trinajstić information content (AvgIpc) is 1.69. The third-order valence-corrected chi connectivity index (χ3v) is 1.14. The summed E-state index contributed by atoms with van der Waals surface area (Å²) in [7, 11) is 0. The van der Waals surface area contributed by atoms with Crippen LogP contribution in [0.25, 0.3) is 0 Å². The van der Waals surface area contributed by atoms with Gasteiger partial charge < -0.3 is 9.84 Å². The van der Waals surface area contributed by atoms with E-state index in [0.29, 0.717) is 6.61 Å². The van der Waals surface area contributed by atoms with Gasteiger partial charge in [-0.05, 0) is 12.8 Å². The van der Waals surface area contributed by atoms with Gasteiger partial charge >= 0.3 is 0 Å². The largest absolute Gasteiger partial charge is 0.391 e. The molecule has 1 unspecified atom stereocenters. The van der Waals surface area contributed by atoms with Crippen molar-refractivity contribution in [3.63, 3.8) is 0 Å². The lowest BCUT2D eigenvalue weighted by Crippen LogP contribution is -2.21. The molecule has 0 radical (unpaired) electrons. The molecule has 0 spiro atoms. The van der Waals surface area contributed by atoms with Gasteiger partial charge in [-0.2, -0.15) is 0 Å². The van der Waals surface area contributed by atoms with Gasteiger partial charge in [-0.1, -0.05) is 0 Å². The minimum Gasteiger partial charge on any atom is -0.391 e. The summed E-state index contributed by atoms with van der Waals surface area (Å²) in [6, 6.07) is 0. The average molecular weight is 139 g/mol. The third-order valence-electron chi connectivity index (χ3n) is 1.14. The molecule has 50 valence electrons. The number of hydrogen-bond donors (Lipinski definition) is 1. The van der Waals surface area contributed by atoms with E-state index in [1.54, 1.807) is 0 Å². The highest BCUT2D eigenvalue weighted by atomic mass is 35.5. The summed E-state index contributed by atoms with van der Waals surface area (Å²) in [5, 5.41) is 8.78.